The van der Waals surface area contributed by atoms with E-state index in [1.165, 1.54) is 0 Å². The van der Waals surface area contributed by atoms with Crippen LogP contribution in [0.25, 0.3) is 0 Å². The summed E-state index contributed by atoms with van der Waals surface area (Å²) in [5, 5.41) is 21.7. The second kappa shape index (κ2) is 9.80. The first-order valence-electron chi connectivity index (χ1n) is 12.1. The zero-order chi connectivity index (χ0) is 24.4. The predicted molar refractivity (Wildman–Crippen MR) is 140 cm³/mol. The van der Waals surface area contributed by atoms with Crippen LogP contribution < -0.4 is 0 Å². The highest BCUT2D eigenvalue weighted by molar-refractivity contribution is 5.85. The molecular formula is C29H40N2O2. The van der Waals surface area contributed by atoms with E-state index in [1.807, 2.05) is 36.6 Å². The van der Waals surface area contributed by atoms with Crippen molar-refractivity contribution in [2.75, 3.05) is 0 Å². The summed E-state index contributed by atoms with van der Waals surface area (Å²) >= 11 is 0. The highest BCUT2D eigenvalue weighted by Crippen LogP contribution is 2.35. The van der Waals surface area contributed by atoms with Gasteiger partial charge in [-0.15, -0.1) is 0 Å². The Bertz CT molecular complexity index is 999. The number of hydrogen-bond donors (Lipinski definition) is 2. The van der Waals surface area contributed by atoms with Crippen molar-refractivity contribution in [3.8, 4) is 5.75 Å². The summed E-state index contributed by atoms with van der Waals surface area (Å²) in [4.78, 5) is 9.74. The Morgan fingerprint density at radius 1 is 0.909 bits per heavy atom. The van der Waals surface area contributed by atoms with Crippen molar-refractivity contribution in [1.29, 1.82) is 0 Å². The van der Waals surface area contributed by atoms with Crippen LogP contribution in [0.1, 0.15) is 78.4 Å². The molecule has 3 atom stereocenters. The van der Waals surface area contributed by atoms with Gasteiger partial charge in [0.05, 0.1) is 12.1 Å². The molecule has 2 aliphatic rings. The van der Waals surface area contributed by atoms with Crippen molar-refractivity contribution in [2.45, 2.75) is 90.8 Å². The molecule has 3 rings (SSSR count). The van der Waals surface area contributed by atoms with Gasteiger partial charge in [0.15, 0.2) is 0 Å². The number of nitrogens with zero attached hydrogens (tertiary/aromatic N) is 2. The van der Waals surface area contributed by atoms with Crippen LogP contribution in [0.4, 0.5) is 0 Å². The number of aliphatic imine (C=N–C) groups is 2. The third kappa shape index (κ3) is 6.11. The van der Waals surface area contributed by atoms with Crippen molar-refractivity contribution >= 4 is 12.4 Å². The van der Waals surface area contributed by atoms with Gasteiger partial charge in [0.2, 0.25) is 0 Å². The van der Waals surface area contributed by atoms with E-state index in [-0.39, 0.29) is 22.9 Å². The van der Waals surface area contributed by atoms with Crippen molar-refractivity contribution < 1.29 is 10.2 Å². The number of aliphatic hydroxyl groups excluding tert-OH is 1. The zero-order valence-corrected chi connectivity index (χ0v) is 21.1. The number of benzene rings is 1. The average molecular weight is 449 g/mol. The van der Waals surface area contributed by atoms with Crippen LogP contribution in [0, 0.1) is 5.41 Å². The van der Waals surface area contributed by atoms with Gasteiger partial charge in [0.25, 0.3) is 0 Å². The van der Waals surface area contributed by atoms with Crippen molar-refractivity contribution in [3.05, 3.63) is 64.8 Å². The minimum Gasteiger partial charge on any atom is -0.507 e. The summed E-state index contributed by atoms with van der Waals surface area (Å²) in [5.41, 5.74) is 4.03. The van der Waals surface area contributed by atoms with E-state index in [1.54, 1.807) is 6.21 Å². The topological polar surface area (TPSA) is 65.2 Å². The first-order chi connectivity index (χ1) is 15.4. The molecule has 0 aromatic heterocycles. The lowest BCUT2D eigenvalue weighted by Gasteiger charge is -2.31. The highest BCUT2D eigenvalue weighted by atomic mass is 16.3. The van der Waals surface area contributed by atoms with Crippen LogP contribution in [-0.2, 0) is 5.41 Å². The van der Waals surface area contributed by atoms with Crippen LogP contribution in [0.3, 0.4) is 0 Å². The molecule has 0 spiro atoms. The van der Waals surface area contributed by atoms with E-state index in [9.17, 15) is 10.2 Å². The molecule has 1 aromatic carbocycles. The molecule has 1 saturated carbocycles. The number of phenolic OH excluding ortho intramolecular Hbond substituents is 1. The van der Waals surface area contributed by atoms with Crippen LogP contribution in [0.2, 0.25) is 0 Å². The zero-order valence-electron chi connectivity index (χ0n) is 21.1. The molecule has 0 amide bonds. The summed E-state index contributed by atoms with van der Waals surface area (Å²) in [5.74, 6) is 0.306. The van der Waals surface area contributed by atoms with Gasteiger partial charge in [-0.3, -0.25) is 9.98 Å². The maximum atomic E-state index is 10.9. The molecule has 1 aromatic rings. The Kier molecular flexibility index (Phi) is 7.48. The van der Waals surface area contributed by atoms with E-state index in [2.05, 4.69) is 48.1 Å². The van der Waals surface area contributed by atoms with Crippen LogP contribution in [0.15, 0.2) is 63.6 Å². The summed E-state index contributed by atoms with van der Waals surface area (Å²) in [6.45, 7) is 16.7. The molecule has 33 heavy (non-hydrogen) atoms. The van der Waals surface area contributed by atoms with E-state index in [0.29, 0.717) is 5.75 Å². The molecule has 0 radical (unpaired) electrons. The molecule has 2 aliphatic carbocycles. The molecular weight excluding hydrogens is 408 g/mol. The monoisotopic (exact) mass is 448 g/mol. The van der Waals surface area contributed by atoms with Crippen molar-refractivity contribution in [3.63, 3.8) is 0 Å². The number of aromatic hydroxyl groups is 1. The Balaban J connectivity index is 1.79. The van der Waals surface area contributed by atoms with Gasteiger partial charge in [-0.25, -0.2) is 0 Å². The molecule has 0 saturated heterocycles. The molecule has 1 fully saturated rings. The lowest BCUT2D eigenvalue weighted by atomic mass is 9.77. The quantitative estimate of drug-likeness (QED) is 0.529. The van der Waals surface area contributed by atoms with E-state index < -0.39 is 6.10 Å². The third-order valence-corrected chi connectivity index (χ3v) is 6.56. The first-order valence-corrected chi connectivity index (χ1v) is 12.1. The Labute approximate surface area is 199 Å². The lowest BCUT2D eigenvalue weighted by molar-refractivity contribution is 0.222. The van der Waals surface area contributed by atoms with Gasteiger partial charge < -0.3 is 10.2 Å². The van der Waals surface area contributed by atoms with Gasteiger partial charge >= 0.3 is 0 Å². The molecule has 0 aliphatic heterocycles. The predicted octanol–water partition coefficient (Wildman–Crippen LogP) is 6.32. The number of aliphatic hydroxyl groups is 1. The number of hydrogen-bond acceptors (Lipinski definition) is 4. The smallest absolute Gasteiger partial charge is 0.128 e. The molecule has 0 bridgehead atoms. The summed E-state index contributed by atoms with van der Waals surface area (Å²) in [6.07, 6.45) is 11.1. The van der Waals surface area contributed by atoms with Gasteiger partial charge in [0, 0.05) is 23.6 Å². The van der Waals surface area contributed by atoms with Gasteiger partial charge in [0.1, 0.15) is 11.9 Å². The number of rotatable bonds is 4. The Hall–Kier alpha value is -2.46. The minimum atomic E-state index is -0.665. The molecule has 1 unspecified atom stereocenters. The van der Waals surface area contributed by atoms with Gasteiger partial charge in [-0.2, -0.15) is 0 Å². The van der Waals surface area contributed by atoms with Crippen molar-refractivity contribution in [1.82, 2.24) is 0 Å². The molecule has 4 nitrogen and oxygen atoms in total. The summed E-state index contributed by atoms with van der Waals surface area (Å²) < 4.78 is 0. The van der Waals surface area contributed by atoms with Crippen LogP contribution in [0.5, 0.6) is 5.75 Å². The first kappa shape index (κ1) is 25.2. The standard InChI is InChI=1S/C29H40N2O2/c1-19-15-21(27(33)23(16-19)29(5,6)7)18-31-25-14-9-8-13-24(25)30-17-20-11-10-12-22(26(20)32)28(2,3)4/h10-12,15-18,24-25,27,32-33H,1,8-9,13-14H2,2-7H3/b30-17-,31-18-/t24-,25-,27?/m0/s1. The highest BCUT2D eigenvalue weighted by Gasteiger charge is 2.29. The largest absolute Gasteiger partial charge is 0.507 e. The fourth-order valence-electron chi connectivity index (χ4n) is 4.60. The van der Waals surface area contributed by atoms with Gasteiger partial charge in [-0.1, -0.05) is 79.2 Å². The normalized spacial score (nSPS) is 24.9. The number of para-hydroxylation sites is 1. The second-order valence-electron chi connectivity index (χ2n) is 11.4. The maximum absolute atomic E-state index is 10.9. The second-order valence-corrected chi connectivity index (χ2v) is 11.4. The SMILES string of the molecule is C=C1C=C(/C=N\[C@H]2CCCC[C@@H]2/N=C\c2cccc(C(C)(C)C)c2O)C(O)C(C(C)(C)C)=C1. The molecule has 178 valence electrons. The molecule has 0 heterocycles. The van der Waals surface area contributed by atoms with Crippen LogP contribution in [-0.4, -0.2) is 40.8 Å². The fraction of sp³-hybridized carbons (Fsp3) is 0.517. The Morgan fingerprint density at radius 3 is 2.09 bits per heavy atom. The van der Waals surface area contributed by atoms with Crippen molar-refractivity contribution in [2.24, 2.45) is 15.4 Å². The number of phenols is 1. The maximum Gasteiger partial charge on any atom is 0.128 e. The summed E-state index contributed by atoms with van der Waals surface area (Å²) in [6, 6.07) is 5.98. The van der Waals surface area contributed by atoms with E-state index >= 15 is 0 Å². The lowest BCUT2D eigenvalue weighted by Crippen LogP contribution is -2.29. The average Bonchev–Trinajstić information content (AvgIpc) is 2.72. The van der Waals surface area contributed by atoms with Gasteiger partial charge in [-0.05, 0) is 52.5 Å². The molecule has 4 heteroatoms. The fourth-order valence-corrected chi connectivity index (χ4v) is 4.60. The minimum absolute atomic E-state index is 0.0632. The van der Waals surface area contributed by atoms with E-state index in [0.717, 1.165) is 53.5 Å². The third-order valence-electron chi connectivity index (χ3n) is 6.56. The summed E-state index contributed by atoms with van der Waals surface area (Å²) in [7, 11) is 0. The Morgan fingerprint density at radius 2 is 1.52 bits per heavy atom. The van der Waals surface area contributed by atoms with Crippen LogP contribution >= 0.6 is 0 Å². The van der Waals surface area contributed by atoms with E-state index in [4.69, 9.17) is 9.98 Å². The molecule has 2 N–H and O–H groups in total. The number of allylic oxidation sites excluding steroid dienone is 3.